The Kier molecular flexibility index (Phi) is 2.37. The Morgan fingerprint density at radius 2 is 2.14 bits per heavy atom. The Labute approximate surface area is 90.9 Å². The number of pyridine rings is 1. The van der Waals surface area contributed by atoms with E-state index in [1.54, 1.807) is 6.20 Å². The fourth-order valence-electron chi connectivity index (χ4n) is 1.50. The average molecular weight is 252 g/mol. The lowest BCUT2D eigenvalue weighted by atomic mass is 10.2. The lowest BCUT2D eigenvalue weighted by Crippen LogP contribution is -1.91. The van der Waals surface area contributed by atoms with Crippen LogP contribution in [0.1, 0.15) is 5.69 Å². The van der Waals surface area contributed by atoms with Crippen LogP contribution >= 0.6 is 15.9 Å². The fourth-order valence-corrected chi connectivity index (χ4v) is 1.87. The van der Waals surface area contributed by atoms with Crippen LogP contribution in [-0.2, 0) is 7.05 Å². The zero-order chi connectivity index (χ0) is 10.1. The van der Waals surface area contributed by atoms with Gasteiger partial charge in [-0.3, -0.25) is 4.98 Å². The van der Waals surface area contributed by atoms with E-state index in [2.05, 4.69) is 25.9 Å². The third-order valence-electron chi connectivity index (χ3n) is 2.10. The van der Waals surface area contributed by atoms with E-state index in [9.17, 15) is 0 Å². The van der Waals surface area contributed by atoms with Crippen molar-refractivity contribution < 1.29 is 0 Å². The maximum absolute atomic E-state index is 4.24. The minimum absolute atomic E-state index is 0.982. The van der Waals surface area contributed by atoms with E-state index in [-0.39, 0.29) is 0 Å². The molecule has 2 aromatic rings. The molecule has 2 heterocycles. The third kappa shape index (κ3) is 1.57. The molecule has 0 atom stereocenters. The Morgan fingerprint density at radius 1 is 1.36 bits per heavy atom. The van der Waals surface area contributed by atoms with Gasteiger partial charge >= 0.3 is 0 Å². The molecular formula is C10H10BrN3. The number of nitrogens with zero attached hydrogens (tertiary/aromatic N) is 3. The highest BCUT2D eigenvalue weighted by Gasteiger charge is 2.07. The second kappa shape index (κ2) is 3.53. The molecule has 0 aliphatic carbocycles. The molecule has 2 aromatic heterocycles. The summed E-state index contributed by atoms with van der Waals surface area (Å²) in [5.41, 5.74) is 3.21. The molecule has 0 saturated carbocycles. The highest BCUT2D eigenvalue weighted by atomic mass is 79.9. The first kappa shape index (κ1) is 9.40. The smallest absolute Gasteiger partial charge is 0.0951 e. The molecule has 0 bridgehead atoms. The van der Waals surface area contributed by atoms with Crippen molar-refractivity contribution in [2.75, 3.05) is 0 Å². The molecule has 14 heavy (non-hydrogen) atoms. The third-order valence-corrected chi connectivity index (χ3v) is 2.53. The van der Waals surface area contributed by atoms with Crippen LogP contribution in [0.5, 0.6) is 0 Å². The second-order valence-electron chi connectivity index (χ2n) is 3.18. The quantitative estimate of drug-likeness (QED) is 0.780. The van der Waals surface area contributed by atoms with Crippen LogP contribution in [-0.4, -0.2) is 14.5 Å². The van der Waals surface area contributed by atoms with Gasteiger partial charge < -0.3 is 4.57 Å². The fraction of sp³-hybridized carbons (Fsp3) is 0.200. The van der Waals surface area contributed by atoms with Crippen molar-refractivity contribution in [3.05, 3.63) is 35.0 Å². The first-order valence-corrected chi connectivity index (χ1v) is 5.06. The van der Waals surface area contributed by atoms with E-state index in [0.29, 0.717) is 0 Å². The molecule has 0 spiro atoms. The average Bonchev–Trinajstić information content (AvgIpc) is 2.46. The highest BCUT2D eigenvalue weighted by molar-refractivity contribution is 9.10. The normalized spacial score (nSPS) is 10.5. The molecule has 0 amide bonds. The minimum Gasteiger partial charge on any atom is -0.333 e. The first-order valence-electron chi connectivity index (χ1n) is 4.27. The standard InChI is InChI=1S/C10H10BrN3/c1-7-10(14(2)6-13-7)8-3-9(11)5-12-4-8/h3-6H,1-2H3. The lowest BCUT2D eigenvalue weighted by molar-refractivity contribution is 0.920. The van der Waals surface area contributed by atoms with Crippen LogP contribution < -0.4 is 0 Å². The predicted molar refractivity (Wildman–Crippen MR) is 58.9 cm³/mol. The molecule has 2 rings (SSSR count). The minimum atomic E-state index is 0.982. The molecule has 0 aliphatic rings. The van der Waals surface area contributed by atoms with Crippen molar-refractivity contribution in [1.29, 1.82) is 0 Å². The van der Waals surface area contributed by atoms with E-state index < -0.39 is 0 Å². The van der Waals surface area contributed by atoms with Gasteiger partial charge in [-0.2, -0.15) is 0 Å². The highest BCUT2D eigenvalue weighted by Crippen LogP contribution is 2.23. The van der Waals surface area contributed by atoms with E-state index in [4.69, 9.17) is 0 Å². The molecule has 72 valence electrons. The van der Waals surface area contributed by atoms with Gasteiger partial charge in [0.15, 0.2) is 0 Å². The maximum Gasteiger partial charge on any atom is 0.0951 e. The Hall–Kier alpha value is -1.16. The molecular weight excluding hydrogens is 242 g/mol. The van der Waals surface area contributed by atoms with Crippen molar-refractivity contribution >= 4 is 15.9 Å². The molecule has 3 nitrogen and oxygen atoms in total. The zero-order valence-corrected chi connectivity index (χ0v) is 9.62. The summed E-state index contributed by atoms with van der Waals surface area (Å²) in [6.45, 7) is 2.00. The van der Waals surface area contributed by atoms with Crippen LogP contribution in [0.15, 0.2) is 29.3 Å². The lowest BCUT2D eigenvalue weighted by Gasteiger charge is -2.03. The van der Waals surface area contributed by atoms with Gasteiger partial charge in [0.2, 0.25) is 0 Å². The molecule has 0 aliphatic heterocycles. The molecule has 4 heteroatoms. The number of aromatic nitrogens is 3. The number of aryl methyl sites for hydroxylation is 2. The van der Waals surface area contributed by atoms with Crippen LogP contribution in [0.3, 0.4) is 0 Å². The van der Waals surface area contributed by atoms with Gasteiger partial charge in [0.05, 0.1) is 17.7 Å². The van der Waals surface area contributed by atoms with Crippen LogP contribution in [0.2, 0.25) is 0 Å². The SMILES string of the molecule is Cc1ncn(C)c1-c1cncc(Br)c1. The summed E-state index contributed by atoms with van der Waals surface area (Å²) in [7, 11) is 1.98. The van der Waals surface area contributed by atoms with E-state index in [1.165, 1.54) is 0 Å². The van der Waals surface area contributed by atoms with Gasteiger partial charge in [-0.05, 0) is 28.9 Å². The summed E-state index contributed by atoms with van der Waals surface area (Å²) in [4.78, 5) is 8.38. The number of hydrogen-bond donors (Lipinski definition) is 0. The van der Waals surface area contributed by atoms with Crippen molar-refractivity contribution in [2.45, 2.75) is 6.92 Å². The molecule has 0 fully saturated rings. The Morgan fingerprint density at radius 3 is 2.71 bits per heavy atom. The summed E-state index contributed by atoms with van der Waals surface area (Å²) < 4.78 is 2.98. The Bertz CT molecular complexity index is 443. The topological polar surface area (TPSA) is 30.7 Å². The number of hydrogen-bond acceptors (Lipinski definition) is 2. The predicted octanol–water partition coefficient (Wildman–Crippen LogP) is 2.55. The summed E-state index contributed by atoms with van der Waals surface area (Å²) in [5, 5.41) is 0. The number of rotatable bonds is 1. The van der Waals surface area contributed by atoms with Crippen LogP contribution in [0, 0.1) is 6.92 Å². The molecule has 0 saturated heterocycles. The summed E-state index contributed by atoms with van der Waals surface area (Å²) in [6, 6.07) is 2.04. The van der Waals surface area contributed by atoms with Crippen LogP contribution in [0.4, 0.5) is 0 Å². The van der Waals surface area contributed by atoms with Crippen molar-refractivity contribution in [3.63, 3.8) is 0 Å². The van der Waals surface area contributed by atoms with E-state index >= 15 is 0 Å². The second-order valence-corrected chi connectivity index (χ2v) is 4.10. The maximum atomic E-state index is 4.24. The van der Waals surface area contributed by atoms with Gasteiger partial charge in [-0.25, -0.2) is 4.98 Å². The van der Waals surface area contributed by atoms with Gasteiger partial charge in [0.25, 0.3) is 0 Å². The first-order chi connectivity index (χ1) is 6.68. The molecule has 0 unspecified atom stereocenters. The molecule has 0 N–H and O–H groups in total. The van der Waals surface area contributed by atoms with E-state index in [1.807, 2.05) is 37.1 Å². The monoisotopic (exact) mass is 251 g/mol. The van der Waals surface area contributed by atoms with Crippen molar-refractivity contribution in [1.82, 2.24) is 14.5 Å². The number of imidazole rings is 1. The van der Waals surface area contributed by atoms with E-state index in [0.717, 1.165) is 21.4 Å². The van der Waals surface area contributed by atoms with Gasteiger partial charge in [0.1, 0.15) is 0 Å². The van der Waals surface area contributed by atoms with Gasteiger partial charge in [0, 0.05) is 29.5 Å². The number of halogens is 1. The van der Waals surface area contributed by atoms with Gasteiger partial charge in [-0.1, -0.05) is 0 Å². The zero-order valence-electron chi connectivity index (χ0n) is 8.03. The van der Waals surface area contributed by atoms with Crippen molar-refractivity contribution in [3.8, 4) is 11.3 Å². The molecule has 0 radical (unpaired) electrons. The molecule has 0 aromatic carbocycles. The largest absolute Gasteiger partial charge is 0.333 e. The van der Waals surface area contributed by atoms with Gasteiger partial charge in [-0.15, -0.1) is 0 Å². The summed E-state index contributed by atoms with van der Waals surface area (Å²) in [5.74, 6) is 0. The van der Waals surface area contributed by atoms with Crippen molar-refractivity contribution in [2.24, 2.45) is 7.05 Å². The Balaban J connectivity index is 2.59. The summed E-state index contributed by atoms with van der Waals surface area (Å²) >= 11 is 3.40. The van der Waals surface area contributed by atoms with Crippen LogP contribution in [0.25, 0.3) is 11.3 Å². The summed E-state index contributed by atoms with van der Waals surface area (Å²) in [6.07, 6.45) is 5.43.